The van der Waals surface area contributed by atoms with E-state index < -0.39 is 0 Å². The normalized spacial score (nSPS) is 24.9. The maximum Gasteiger partial charge on any atom is 0.0175 e. The molecule has 3 heteroatoms. The van der Waals surface area contributed by atoms with Crippen molar-refractivity contribution >= 4 is 15.9 Å². The van der Waals surface area contributed by atoms with Crippen LogP contribution in [0, 0.1) is 0 Å². The summed E-state index contributed by atoms with van der Waals surface area (Å²) in [6, 6.07) is 10.8. The predicted octanol–water partition coefficient (Wildman–Crippen LogP) is 3.84. The zero-order chi connectivity index (χ0) is 14.5. The Labute approximate surface area is 132 Å². The van der Waals surface area contributed by atoms with Crippen LogP contribution in [0.15, 0.2) is 28.7 Å². The van der Waals surface area contributed by atoms with Crippen LogP contribution in [-0.2, 0) is 6.42 Å². The van der Waals surface area contributed by atoms with Gasteiger partial charge in [-0.2, -0.15) is 0 Å². The highest BCUT2D eigenvalue weighted by atomic mass is 79.9. The molecule has 0 radical (unpaired) electrons. The van der Waals surface area contributed by atoms with Crippen LogP contribution in [0.25, 0.3) is 0 Å². The van der Waals surface area contributed by atoms with Gasteiger partial charge in [-0.15, -0.1) is 0 Å². The molecule has 0 aliphatic heterocycles. The van der Waals surface area contributed by atoms with Gasteiger partial charge in [0.15, 0.2) is 0 Å². The van der Waals surface area contributed by atoms with Crippen LogP contribution in [0.3, 0.4) is 0 Å². The SMILES string of the molecule is CNC1CCC(N(C)C(C)Cc2ccc(Br)cc2)CC1. The molecule has 112 valence electrons. The molecule has 1 N–H and O–H groups in total. The standard InChI is InChI=1S/C17H27BrN2/c1-13(12-14-4-6-15(18)7-5-14)20(3)17-10-8-16(19-2)9-11-17/h4-7,13,16-17,19H,8-12H2,1-3H3. The molecule has 0 amide bonds. The highest BCUT2D eigenvalue weighted by molar-refractivity contribution is 9.10. The average Bonchev–Trinajstić information content (AvgIpc) is 2.49. The molecule has 1 aliphatic rings. The molecule has 20 heavy (non-hydrogen) atoms. The highest BCUT2D eigenvalue weighted by Gasteiger charge is 2.25. The molecule has 1 aliphatic carbocycles. The first-order valence-electron chi connectivity index (χ1n) is 7.73. The number of rotatable bonds is 5. The molecule has 0 heterocycles. The molecule has 1 fully saturated rings. The quantitative estimate of drug-likeness (QED) is 0.877. The lowest BCUT2D eigenvalue weighted by atomic mass is 9.89. The first-order valence-corrected chi connectivity index (χ1v) is 8.53. The van der Waals surface area contributed by atoms with Gasteiger partial charge in [-0.1, -0.05) is 28.1 Å². The fourth-order valence-electron chi connectivity index (χ4n) is 3.24. The molecule has 2 rings (SSSR count). The summed E-state index contributed by atoms with van der Waals surface area (Å²) < 4.78 is 1.16. The number of benzene rings is 1. The number of halogens is 1. The Bertz CT molecular complexity index is 396. The van der Waals surface area contributed by atoms with Gasteiger partial charge < -0.3 is 10.2 Å². The van der Waals surface area contributed by atoms with E-state index in [0.29, 0.717) is 6.04 Å². The summed E-state index contributed by atoms with van der Waals surface area (Å²) in [5, 5.41) is 3.41. The van der Waals surface area contributed by atoms with E-state index in [1.807, 2.05) is 0 Å². The summed E-state index contributed by atoms with van der Waals surface area (Å²) in [6.45, 7) is 2.35. The summed E-state index contributed by atoms with van der Waals surface area (Å²) in [5.41, 5.74) is 1.43. The second-order valence-corrected chi connectivity index (χ2v) is 7.05. The molecule has 1 aromatic carbocycles. The van der Waals surface area contributed by atoms with Crippen LogP contribution in [0.1, 0.15) is 38.2 Å². The van der Waals surface area contributed by atoms with Crippen LogP contribution in [0.2, 0.25) is 0 Å². The smallest absolute Gasteiger partial charge is 0.0175 e. The lowest BCUT2D eigenvalue weighted by Crippen LogP contribution is -2.44. The largest absolute Gasteiger partial charge is 0.317 e. The van der Waals surface area contributed by atoms with Crippen molar-refractivity contribution < 1.29 is 0 Å². The monoisotopic (exact) mass is 338 g/mol. The lowest BCUT2D eigenvalue weighted by Gasteiger charge is -2.38. The van der Waals surface area contributed by atoms with E-state index in [1.165, 1.54) is 31.2 Å². The van der Waals surface area contributed by atoms with Gasteiger partial charge in [0.25, 0.3) is 0 Å². The van der Waals surface area contributed by atoms with Gasteiger partial charge in [0.05, 0.1) is 0 Å². The van der Waals surface area contributed by atoms with Crippen molar-refractivity contribution in [3.63, 3.8) is 0 Å². The van der Waals surface area contributed by atoms with E-state index in [-0.39, 0.29) is 0 Å². The Morgan fingerprint density at radius 2 is 1.80 bits per heavy atom. The van der Waals surface area contributed by atoms with Gasteiger partial charge in [-0.3, -0.25) is 0 Å². The second kappa shape index (κ2) is 7.58. The predicted molar refractivity (Wildman–Crippen MR) is 90.2 cm³/mol. The molecule has 0 bridgehead atoms. The van der Waals surface area contributed by atoms with Crippen LogP contribution in [0.5, 0.6) is 0 Å². The minimum atomic E-state index is 0.604. The maximum atomic E-state index is 3.50. The number of nitrogens with one attached hydrogen (secondary N) is 1. The zero-order valence-electron chi connectivity index (χ0n) is 12.9. The highest BCUT2D eigenvalue weighted by Crippen LogP contribution is 2.24. The van der Waals surface area contributed by atoms with E-state index in [1.54, 1.807) is 0 Å². The van der Waals surface area contributed by atoms with Crippen molar-refractivity contribution in [3.05, 3.63) is 34.3 Å². The van der Waals surface area contributed by atoms with Gasteiger partial charge in [0, 0.05) is 22.6 Å². The Balaban J connectivity index is 1.85. The number of hydrogen-bond acceptors (Lipinski definition) is 2. The van der Waals surface area contributed by atoms with Crippen LogP contribution in [0.4, 0.5) is 0 Å². The van der Waals surface area contributed by atoms with Crippen molar-refractivity contribution in [2.75, 3.05) is 14.1 Å². The third-order valence-electron chi connectivity index (χ3n) is 4.82. The lowest BCUT2D eigenvalue weighted by molar-refractivity contribution is 0.135. The van der Waals surface area contributed by atoms with E-state index in [2.05, 4.69) is 71.4 Å². The third kappa shape index (κ3) is 4.31. The summed E-state index contributed by atoms with van der Waals surface area (Å²) in [6.07, 6.45) is 6.42. The minimum Gasteiger partial charge on any atom is -0.317 e. The zero-order valence-corrected chi connectivity index (χ0v) is 14.5. The molecule has 0 aromatic heterocycles. The van der Waals surface area contributed by atoms with E-state index >= 15 is 0 Å². The second-order valence-electron chi connectivity index (χ2n) is 6.14. The number of likely N-dealkylation sites (N-methyl/N-ethyl adjacent to an activating group) is 1. The molecule has 0 spiro atoms. The molecule has 0 saturated heterocycles. The topological polar surface area (TPSA) is 15.3 Å². The van der Waals surface area contributed by atoms with Crippen LogP contribution in [-0.4, -0.2) is 37.1 Å². The van der Waals surface area contributed by atoms with E-state index in [4.69, 9.17) is 0 Å². The fourth-order valence-corrected chi connectivity index (χ4v) is 3.50. The van der Waals surface area contributed by atoms with E-state index in [0.717, 1.165) is 23.0 Å². The Morgan fingerprint density at radius 3 is 2.35 bits per heavy atom. The Hall–Kier alpha value is -0.380. The van der Waals surface area contributed by atoms with Crippen molar-refractivity contribution in [3.8, 4) is 0 Å². The third-order valence-corrected chi connectivity index (χ3v) is 5.35. The van der Waals surface area contributed by atoms with Gasteiger partial charge in [0.1, 0.15) is 0 Å². The van der Waals surface area contributed by atoms with Crippen molar-refractivity contribution in [1.29, 1.82) is 0 Å². The molecule has 1 unspecified atom stereocenters. The van der Waals surface area contributed by atoms with Gasteiger partial charge in [-0.25, -0.2) is 0 Å². The first-order chi connectivity index (χ1) is 9.60. The van der Waals surface area contributed by atoms with Crippen LogP contribution >= 0.6 is 15.9 Å². The van der Waals surface area contributed by atoms with Crippen molar-refractivity contribution in [2.45, 2.75) is 57.2 Å². The van der Waals surface area contributed by atoms with Crippen molar-refractivity contribution in [2.24, 2.45) is 0 Å². The summed E-state index contributed by atoms with van der Waals surface area (Å²) in [4.78, 5) is 2.59. The summed E-state index contributed by atoms with van der Waals surface area (Å²) >= 11 is 3.50. The van der Waals surface area contributed by atoms with Gasteiger partial charge >= 0.3 is 0 Å². The molecule has 2 nitrogen and oxygen atoms in total. The van der Waals surface area contributed by atoms with Gasteiger partial charge in [-0.05, 0) is 70.8 Å². The Morgan fingerprint density at radius 1 is 1.20 bits per heavy atom. The maximum absolute atomic E-state index is 3.50. The van der Waals surface area contributed by atoms with Gasteiger partial charge in [0.2, 0.25) is 0 Å². The number of nitrogens with zero attached hydrogens (tertiary/aromatic N) is 1. The fraction of sp³-hybridized carbons (Fsp3) is 0.647. The molecule has 1 aromatic rings. The molecular weight excluding hydrogens is 312 g/mol. The first kappa shape index (κ1) is 16.0. The molecule has 1 saturated carbocycles. The minimum absolute atomic E-state index is 0.604. The number of hydrogen-bond donors (Lipinski definition) is 1. The molecule has 1 atom stereocenters. The summed E-state index contributed by atoms with van der Waals surface area (Å²) in [5.74, 6) is 0. The summed E-state index contributed by atoms with van der Waals surface area (Å²) in [7, 11) is 4.39. The van der Waals surface area contributed by atoms with Crippen molar-refractivity contribution in [1.82, 2.24) is 10.2 Å². The molecular formula is C17H27BrN2. The van der Waals surface area contributed by atoms with E-state index in [9.17, 15) is 0 Å². The Kier molecular flexibility index (Phi) is 6.06. The van der Waals surface area contributed by atoms with Crippen LogP contribution < -0.4 is 5.32 Å². The average molecular weight is 339 g/mol.